The van der Waals surface area contributed by atoms with Gasteiger partial charge in [-0.1, -0.05) is 36.1 Å². The largest absolute Gasteiger partial charge is 0.493 e. The third kappa shape index (κ3) is 4.76. The van der Waals surface area contributed by atoms with E-state index in [-0.39, 0.29) is 28.0 Å². The van der Waals surface area contributed by atoms with E-state index in [1.807, 2.05) is 6.92 Å². The average molecular weight is 495 g/mol. The zero-order valence-corrected chi connectivity index (χ0v) is 19.7. The smallest absolute Gasteiger partial charge is 0.339 e. The van der Waals surface area contributed by atoms with Crippen LogP contribution >= 0.6 is 24.0 Å². The number of rotatable bonds is 7. The minimum absolute atomic E-state index is 0.103. The van der Waals surface area contributed by atoms with Crippen LogP contribution < -0.4 is 8.92 Å². The van der Waals surface area contributed by atoms with E-state index in [2.05, 4.69) is 0 Å². The van der Waals surface area contributed by atoms with Gasteiger partial charge in [-0.3, -0.25) is 19.8 Å². The van der Waals surface area contributed by atoms with Crippen LogP contribution in [-0.4, -0.2) is 42.1 Å². The van der Waals surface area contributed by atoms with Gasteiger partial charge in [0.2, 0.25) is 0 Å². The van der Waals surface area contributed by atoms with Gasteiger partial charge in [0, 0.05) is 18.2 Å². The number of nitro groups is 1. The fraction of sp³-hybridized carbons (Fsp3) is 0.200. The SMILES string of the molecule is CCN1C(=O)/C(=C\c2ccc(OS(=O)(=O)c3ccc(C)c([N+](=O)[O-])c3)c(OC)c2)SC1=S. The van der Waals surface area contributed by atoms with Gasteiger partial charge in [-0.2, -0.15) is 8.42 Å². The second-order valence-electron chi connectivity index (χ2n) is 6.58. The molecule has 168 valence electrons. The molecule has 0 saturated carbocycles. The second kappa shape index (κ2) is 9.27. The predicted molar refractivity (Wildman–Crippen MR) is 124 cm³/mol. The van der Waals surface area contributed by atoms with Crippen molar-refractivity contribution in [3.8, 4) is 11.5 Å². The first-order valence-electron chi connectivity index (χ1n) is 9.20. The van der Waals surface area contributed by atoms with Crippen LogP contribution in [0.1, 0.15) is 18.1 Å². The van der Waals surface area contributed by atoms with Gasteiger partial charge in [-0.15, -0.1) is 0 Å². The lowest BCUT2D eigenvalue weighted by Crippen LogP contribution is -2.27. The maximum Gasteiger partial charge on any atom is 0.339 e. The van der Waals surface area contributed by atoms with E-state index < -0.39 is 15.0 Å². The van der Waals surface area contributed by atoms with Crippen LogP contribution in [0.4, 0.5) is 5.69 Å². The first-order valence-corrected chi connectivity index (χ1v) is 11.8. The van der Waals surface area contributed by atoms with E-state index in [4.69, 9.17) is 21.1 Å². The Morgan fingerprint density at radius 3 is 2.53 bits per heavy atom. The average Bonchev–Trinajstić information content (AvgIpc) is 3.01. The van der Waals surface area contributed by atoms with Crippen LogP contribution in [0.5, 0.6) is 11.5 Å². The van der Waals surface area contributed by atoms with Crippen LogP contribution in [0.25, 0.3) is 6.08 Å². The molecule has 2 aromatic rings. The lowest BCUT2D eigenvalue weighted by atomic mass is 10.2. The zero-order chi connectivity index (χ0) is 23.6. The molecule has 9 nitrogen and oxygen atoms in total. The molecule has 1 fully saturated rings. The van der Waals surface area contributed by atoms with Gasteiger partial charge in [0.25, 0.3) is 11.6 Å². The topological polar surface area (TPSA) is 116 Å². The molecule has 0 N–H and O–H groups in total. The molecule has 1 heterocycles. The number of amides is 1. The predicted octanol–water partition coefficient (Wildman–Crippen LogP) is 3.90. The van der Waals surface area contributed by atoms with Gasteiger partial charge in [0.05, 0.1) is 16.9 Å². The van der Waals surface area contributed by atoms with Gasteiger partial charge < -0.3 is 8.92 Å². The molecule has 0 atom stereocenters. The number of benzene rings is 2. The summed E-state index contributed by atoms with van der Waals surface area (Å²) in [6, 6.07) is 7.96. The molecular weight excluding hydrogens is 476 g/mol. The first-order chi connectivity index (χ1) is 15.1. The summed E-state index contributed by atoms with van der Waals surface area (Å²) in [7, 11) is -3.02. The van der Waals surface area contributed by atoms with Gasteiger partial charge in [-0.05, 0) is 43.7 Å². The summed E-state index contributed by atoms with van der Waals surface area (Å²) < 4.78 is 36.3. The summed E-state index contributed by atoms with van der Waals surface area (Å²) in [5.74, 6) is -0.200. The maximum atomic E-state index is 12.7. The van der Waals surface area contributed by atoms with Crippen LogP contribution in [0.15, 0.2) is 46.2 Å². The van der Waals surface area contributed by atoms with Gasteiger partial charge in [0.1, 0.15) is 9.22 Å². The highest BCUT2D eigenvalue weighted by Gasteiger charge is 2.30. The number of likely N-dealkylation sites (N-methyl/N-ethyl adjacent to an activating group) is 1. The molecule has 1 aliphatic rings. The number of thioether (sulfide) groups is 1. The molecule has 0 aromatic heterocycles. The monoisotopic (exact) mass is 494 g/mol. The maximum absolute atomic E-state index is 12.7. The molecular formula is C20H18N2O7S3. The number of methoxy groups -OCH3 is 1. The van der Waals surface area contributed by atoms with Crippen molar-refractivity contribution in [2.24, 2.45) is 0 Å². The molecule has 12 heteroatoms. The molecule has 0 spiro atoms. The number of carbonyl (C=O) groups excluding carboxylic acids is 1. The fourth-order valence-electron chi connectivity index (χ4n) is 2.87. The fourth-order valence-corrected chi connectivity index (χ4v) is 5.22. The highest BCUT2D eigenvalue weighted by atomic mass is 32.2. The Morgan fingerprint density at radius 1 is 1.22 bits per heavy atom. The number of nitro benzene ring substituents is 1. The Hall–Kier alpha value is -2.96. The zero-order valence-electron chi connectivity index (χ0n) is 17.2. The van der Waals surface area contributed by atoms with Crippen LogP contribution in [0, 0.1) is 17.0 Å². The van der Waals surface area contributed by atoms with Crippen molar-refractivity contribution in [2.75, 3.05) is 13.7 Å². The lowest BCUT2D eigenvalue weighted by molar-refractivity contribution is -0.385. The first kappa shape index (κ1) is 23.7. The van der Waals surface area contributed by atoms with E-state index in [9.17, 15) is 23.3 Å². The van der Waals surface area contributed by atoms with E-state index >= 15 is 0 Å². The molecule has 0 bridgehead atoms. The summed E-state index contributed by atoms with van der Waals surface area (Å²) in [6.45, 7) is 3.80. The van der Waals surface area contributed by atoms with E-state index in [1.165, 1.54) is 55.0 Å². The number of hydrogen-bond acceptors (Lipinski definition) is 9. The third-order valence-corrected chi connectivity index (χ3v) is 7.15. The molecule has 1 saturated heterocycles. The highest BCUT2D eigenvalue weighted by molar-refractivity contribution is 8.26. The number of aryl methyl sites for hydroxylation is 1. The summed E-state index contributed by atoms with van der Waals surface area (Å²) in [5.41, 5.74) is 0.569. The van der Waals surface area contributed by atoms with Crippen molar-refractivity contribution in [3.05, 3.63) is 62.5 Å². The summed E-state index contributed by atoms with van der Waals surface area (Å²) in [5, 5.41) is 11.1. The Morgan fingerprint density at radius 2 is 1.94 bits per heavy atom. The number of thiocarbonyl (C=S) groups is 1. The van der Waals surface area contributed by atoms with Crippen LogP contribution in [0.2, 0.25) is 0 Å². The van der Waals surface area contributed by atoms with Gasteiger partial charge in [-0.25, -0.2) is 0 Å². The van der Waals surface area contributed by atoms with E-state index in [1.54, 1.807) is 12.1 Å². The van der Waals surface area contributed by atoms with Gasteiger partial charge in [0.15, 0.2) is 11.5 Å². The number of ether oxygens (including phenoxy) is 1. The van der Waals surface area contributed by atoms with E-state index in [0.717, 1.165) is 6.07 Å². The van der Waals surface area contributed by atoms with Crippen LogP contribution in [-0.2, 0) is 14.9 Å². The Bertz CT molecular complexity index is 1260. The molecule has 32 heavy (non-hydrogen) atoms. The highest BCUT2D eigenvalue weighted by Crippen LogP contribution is 2.35. The standard InChI is InChI=1S/C20H18N2O7S3/c1-4-21-19(23)18(31-20(21)30)10-13-6-8-16(17(9-13)28-3)29-32(26,27)14-7-5-12(2)15(11-14)22(24)25/h5-11H,4H2,1-3H3/b18-10+. The lowest BCUT2D eigenvalue weighted by Gasteiger charge is -2.12. The Balaban J connectivity index is 1.91. The Labute approximate surface area is 194 Å². The summed E-state index contributed by atoms with van der Waals surface area (Å²) >= 11 is 6.37. The number of carbonyl (C=O) groups is 1. The van der Waals surface area contributed by atoms with Crippen molar-refractivity contribution in [1.29, 1.82) is 0 Å². The minimum atomic E-state index is -4.36. The van der Waals surface area contributed by atoms with Crippen molar-refractivity contribution < 1.29 is 27.1 Å². The van der Waals surface area contributed by atoms with Crippen molar-refractivity contribution in [1.82, 2.24) is 4.90 Å². The minimum Gasteiger partial charge on any atom is -0.493 e. The van der Waals surface area contributed by atoms with Gasteiger partial charge >= 0.3 is 10.1 Å². The molecule has 0 unspecified atom stereocenters. The van der Waals surface area contributed by atoms with Crippen molar-refractivity contribution >= 4 is 56.1 Å². The quantitative estimate of drug-likeness (QED) is 0.186. The van der Waals surface area contributed by atoms with Crippen molar-refractivity contribution in [3.63, 3.8) is 0 Å². The van der Waals surface area contributed by atoms with E-state index in [0.29, 0.717) is 26.9 Å². The summed E-state index contributed by atoms with van der Waals surface area (Å²) in [4.78, 5) is 24.4. The molecule has 0 radical (unpaired) electrons. The molecule has 0 aliphatic carbocycles. The summed E-state index contributed by atoms with van der Waals surface area (Å²) in [6.07, 6.45) is 1.62. The Kier molecular flexibility index (Phi) is 6.86. The van der Waals surface area contributed by atoms with Crippen LogP contribution in [0.3, 0.4) is 0 Å². The molecule has 2 aromatic carbocycles. The third-order valence-electron chi connectivity index (χ3n) is 4.54. The second-order valence-corrected chi connectivity index (χ2v) is 9.80. The number of nitrogens with zero attached hydrogens (tertiary/aromatic N) is 2. The van der Waals surface area contributed by atoms with Crippen molar-refractivity contribution in [2.45, 2.75) is 18.7 Å². The molecule has 1 amide bonds. The molecule has 1 aliphatic heterocycles. The normalized spacial score (nSPS) is 15.3. The number of hydrogen-bond donors (Lipinski definition) is 0. The molecule has 3 rings (SSSR count).